The molecule has 0 radical (unpaired) electrons. The lowest BCUT2D eigenvalue weighted by atomic mass is 10.2. The SMILES string of the molecule is Cc1cnc(CNS(=O)(=O)c2ccc(Br)c(C(=O)O)c2)o1. The summed E-state index contributed by atoms with van der Waals surface area (Å²) in [4.78, 5) is 14.7. The zero-order valence-electron chi connectivity index (χ0n) is 10.8. The Morgan fingerprint density at radius 1 is 1.48 bits per heavy atom. The van der Waals surface area contributed by atoms with E-state index in [1.165, 1.54) is 18.3 Å². The second-order valence-electron chi connectivity index (χ2n) is 4.14. The number of aromatic nitrogens is 1. The van der Waals surface area contributed by atoms with Gasteiger partial charge in [-0.2, -0.15) is 0 Å². The molecule has 1 heterocycles. The number of rotatable bonds is 5. The van der Waals surface area contributed by atoms with Crippen LogP contribution < -0.4 is 4.72 Å². The van der Waals surface area contributed by atoms with Gasteiger partial charge in [0.1, 0.15) is 5.76 Å². The number of sulfonamides is 1. The summed E-state index contributed by atoms with van der Waals surface area (Å²) in [6.45, 7) is 1.58. The Kier molecular flexibility index (Phi) is 4.45. The number of benzene rings is 1. The van der Waals surface area contributed by atoms with E-state index in [4.69, 9.17) is 9.52 Å². The van der Waals surface area contributed by atoms with Crippen molar-refractivity contribution in [3.8, 4) is 0 Å². The van der Waals surface area contributed by atoms with E-state index >= 15 is 0 Å². The summed E-state index contributed by atoms with van der Waals surface area (Å²) >= 11 is 3.06. The molecule has 0 bridgehead atoms. The van der Waals surface area contributed by atoms with E-state index < -0.39 is 16.0 Å². The number of nitrogens with one attached hydrogen (secondary N) is 1. The lowest BCUT2D eigenvalue weighted by Crippen LogP contribution is -2.23. The van der Waals surface area contributed by atoms with Crippen LogP contribution in [0.15, 0.2) is 38.2 Å². The molecule has 0 aliphatic carbocycles. The highest BCUT2D eigenvalue weighted by atomic mass is 79.9. The highest BCUT2D eigenvalue weighted by Crippen LogP contribution is 2.21. The van der Waals surface area contributed by atoms with E-state index in [0.717, 1.165) is 6.07 Å². The number of carboxylic acid groups (broad SMARTS) is 1. The molecule has 112 valence electrons. The first-order valence-corrected chi connectivity index (χ1v) is 8.01. The van der Waals surface area contributed by atoms with Gasteiger partial charge < -0.3 is 9.52 Å². The van der Waals surface area contributed by atoms with E-state index in [1.54, 1.807) is 6.92 Å². The zero-order chi connectivity index (χ0) is 15.6. The van der Waals surface area contributed by atoms with Gasteiger partial charge in [-0.15, -0.1) is 0 Å². The molecule has 1 aromatic carbocycles. The number of oxazole rings is 1. The van der Waals surface area contributed by atoms with Crippen LogP contribution in [0.1, 0.15) is 22.0 Å². The average molecular weight is 375 g/mol. The molecular weight excluding hydrogens is 364 g/mol. The Morgan fingerprint density at radius 3 is 2.76 bits per heavy atom. The molecule has 7 nitrogen and oxygen atoms in total. The molecule has 2 N–H and O–H groups in total. The Hall–Kier alpha value is -1.71. The number of aryl methyl sites for hydroxylation is 1. The lowest BCUT2D eigenvalue weighted by Gasteiger charge is -2.07. The summed E-state index contributed by atoms with van der Waals surface area (Å²) in [5.74, 6) is -0.421. The molecule has 2 aromatic rings. The molecule has 0 atom stereocenters. The van der Waals surface area contributed by atoms with Crippen molar-refractivity contribution >= 4 is 31.9 Å². The molecule has 0 spiro atoms. The molecule has 0 aliphatic heterocycles. The smallest absolute Gasteiger partial charge is 0.336 e. The second-order valence-corrected chi connectivity index (χ2v) is 6.76. The van der Waals surface area contributed by atoms with Gasteiger partial charge in [0.2, 0.25) is 15.9 Å². The molecule has 9 heteroatoms. The maximum atomic E-state index is 12.1. The third-order valence-corrected chi connectivity index (χ3v) is 4.65. The monoisotopic (exact) mass is 374 g/mol. The van der Waals surface area contributed by atoms with E-state index in [1.807, 2.05) is 0 Å². The van der Waals surface area contributed by atoms with Crippen molar-refractivity contribution in [3.05, 3.63) is 46.1 Å². The number of halogens is 1. The van der Waals surface area contributed by atoms with E-state index in [0.29, 0.717) is 10.2 Å². The maximum absolute atomic E-state index is 12.1. The zero-order valence-corrected chi connectivity index (χ0v) is 13.2. The average Bonchev–Trinajstić information content (AvgIpc) is 2.82. The minimum absolute atomic E-state index is 0.116. The van der Waals surface area contributed by atoms with Crippen molar-refractivity contribution in [3.63, 3.8) is 0 Å². The van der Waals surface area contributed by atoms with E-state index in [2.05, 4.69) is 25.6 Å². The largest absolute Gasteiger partial charge is 0.478 e. The highest BCUT2D eigenvalue weighted by Gasteiger charge is 2.18. The topological polar surface area (TPSA) is 110 Å². The van der Waals surface area contributed by atoms with Crippen LogP contribution >= 0.6 is 15.9 Å². The molecule has 1 aromatic heterocycles. The first kappa shape index (κ1) is 15.7. The summed E-state index contributed by atoms with van der Waals surface area (Å²) in [5, 5.41) is 9.00. The first-order valence-electron chi connectivity index (χ1n) is 5.73. The maximum Gasteiger partial charge on any atom is 0.336 e. The fraction of sp³-hybridized carbons (Fsp3) is 0.167. The lowest BCUT2D eigenvalue weighted by molar-refractivity contribution is 0.0695. The van der Waals surface area contributed by atoms with Gasteiger partial charge in [-0.3, -0.25) is 0 Å². The number of carbonyl (C=O) groups is 1. The first-order chi connectivity index (χ1) is 9.79. The molecular formula is C12H11BrN2O5S. The molecule has 0 unspecified atom stereocenters. The molecule has 2 rings (SSSR count). The van der Waals surface area contributed by atoms with Crippen LogP contribution in [0.2, 0.25) is 0 Å². The summed E-state index contributed by atoms with van der Waals surface area (Å²) < 4.78 is 32.0. The van der Waals surface area contributed by atoms with Crippen molar-refractivity contribution in [2.24, 2.45) is 0 Å². The highest BCUT2D eigenvalue weighted by molar-refractivity contribution is 9.10. The Bertz CT molecular complexity index is 785. The summed E-state index contributed by atoms with van der Waals surface area (Å²) in [6, 6.07) is 3.75. The summed E-state index contributed by atoms with van der Waals surface area (Å²) in [7, 11) is -3.86. The van der Waals surface area contributed by atoms with Gasteiger partial charge >= 0.3 is 5.97 Å². The number of nitrogens with zero attached hydrogens (tertiary/aromatic N) is 1. The van der Waals surface area contributed by atoms with Gasteiger partial charge in [0.15, 0.2) is 0 Å². The predicted molar refractivity (Wildman–Crippen MR) is 76.4 cm³/mol. The van der Waals surface area contributed by atoms with Crippen molar-refractivity contribution in [1.29, 1.82) is 0 Å². The Balaban J connectivity index is 2.23. The Labute approximate surface area is 129 Å². The fourth-order valence-electron chi connectivity index (χ4n) is 1.56. The molecule has 0 aliphatic rings. The van der Waals surface area contributed by atoms with Crippen LogP contribution in [-0.2, 0) is 16.6 Å². The summed E-state index contributed by atoms with van der Waals surface area (Å²) in [6.07, 6.45) is 1.48. The van der Waals surface area contributed by atoms with Crippen molar-refractivity contribution < 1.29 is 22.7 Å². The van der Waals surface area contributed by atoms with E-state index in [-0.39, 0.29) is 22.9 Å². The molecule has 21 heavy (non-hydrogen) atoms. The standard InChI is InChI=1S/C12H11BrN2O5S/c1-7-5-14-11(20-7)6-15-21(18,19)8-2-3-10(13)9(4-8)12(16)17/h2-5,15H,6H2,1H3,(H,16,17). The molecule has 0 saturated carbocycles. The van der Waals surface area contributed by atoms with Gasteiger partial charge in [-0.05, 0) is 41.1 Å². The quantitative estimate of drug-likeness (QED) is 0.827. The number of hydrogen-bond donors (Lipinski definition) is 2. The second kappa shape index (κ2) is 5.96. The van der Waals surface area contributed by atoms with Crippen LogP contribution in [0, 0.1) is 6.92 Å². The minimum atomic E-state index is -3.86. The molecule has 0 amide bonds. The van der Waals surface area contributed by atoms with Gasteiger partial charge in [0, 0.05) is 4.47 Å². The van der Waals surface area contributed by atoms with Gasteiger partial charge in [-0.1, -0.05) is 0 Å². The third kappa shape index (κ3) is 3.69. The van der Waals surface area contributed by atoms with E-state index in [9.17, 15) is 13.2 Å². The van der Waals surface area contributed by atoms with Gasteiger partial charge in [0.05, 0.1) is 23.2 Å². The number of hydrogen-bond acceptors (Lipinski definition) is 5. The van der Waals surface area contributed by atoms with Crippen molar-refractivity contribution in [2.45, 2.75) is 18.4 Å². The normalized spacial score (nSPS) is 11.5. The van der Waals surface area contributed by atoms with Gasteiger partial charge in [-0.25, -0.2) is 22.9 Å². The van der Waals surface area contributed by atoms with Crippen molar-refractivity contribution in [1.82, 2.24) is 9.71 Å². The minimum Gasteiger partial charge on any atom is -0.478 e. The van der Waals surface area contributed by atoms with Crippen molar-refractivity contribution in [2.75, 3.05) is 0 Å². The molecule has 0 saturated heterocycles. The third-order valence-electron chi connectivity index (χ3n) is 2.56. The van der Waals surface area contributed by atoms with Crippen LogP contribution in [0.5, 0.6) is 0 Å². The molecule has 0 fully saturated rings. The van der Waals surface area contributed by atoms with Crippen LogP contribution in [0.25, 0.3) is 0 Å². The Morgan fingerprint density at radius 2 is 2.19 bits per heavy atom. The van der Waals surface area contributed by atoms with Crippen LogP contribution in [0.4, 0.5) is 0 Å². The van der Waals surface area contributed by atoms with Gasteiger partial charge in [0.25, 0.3) is 0 Å². The number of aromatic carboxylic acids is 1. The van der Waals surface area contributed by atoms with Crippen LogP contribution in [0.3, 0.4) is 0 Å². The predicted octanol–water partition coefficient (Wildman–Crippen LogP) is 1.92. The fourth-order valence-corrected chi connectivity index (χ4v) is 2.98. The summed E-state index contributed by atoms with van der Waals surface area (Å²) in [5.41, 5.74) is -0.134. The van der Waals surface area contributed by atoms with Crippen LogP contribution in [-0.4, -0.2) is 24.5 Å². The number of carboxylic acids is 1.